The van der Waals surface area contributed by atoms with E-state index >= 15 is 0 Å². The lowest BCUT2D eigenvalue weighted by Crippen LogP contribution is -2.23. The molecule has 1 aromatic rings. The normalized spacial score (nSPS) is 12.8. The van der Waals surface area contributed by atoms with E-state index in [2.05, 4.69) is 12.2 Å². The van der Waals surface area contributed by atoms with Crippen molar-refractivity contribution in [3.8, 4) is 11.5 Å². The highest BCUT2D eigenvalue weighted by molar-refractivity contribution is 5.40. The van der Waals surface area contributed by atoms with Gasteiger partial charge in [-0.3, -0.25) is 0 Å². The Labute approximate surface area is 78.0 Å². The van der Waals surface area contributed by atoms with Gasteiger partial charge in [0.05, 0.1) is 0 Å². The molecule has 1 atom stereocenters. The van der Waals surface area contributed by atoms with Crippen LogP contribution in [0, 0.1) is 0 Å². The van der Waals surface area contributed by atoms with Gasteiger partial charge in [0.15, 0.2) is 11.5 Å². The molecule has 3 nitrogen and oxygen atoms in total. The fourth-order valence-electron chi connectivity index (χ4n) is 1.15. The molecule has 0 saturated heterocycles. The van der Waals surface area contributed by atoms with Gasteiger partial charge in [-0.2, -0.15) is 0 Å². The largest absolute Gasteiger partial charge is 0.504 e. The van der Waals surface area contributed by atoms with E-state index in [0.29, 0.717) is 6.04 Å². The molecule has 3 heteroatoms. The van der Waals surface area contributed by atoms with Crippen LogP contribution in [-0.2, 0) is 6.42 Å². The molecule has 0 radical (unpaired) electrons. The summed E-state index contributed by atoms with van der Waals surface area (Å²) >= 11 is 0. The number of aromatic hydroxyl groups is 2. The second-order valence-corrected chi connectivity index (χ2v) is 3.22. The molecule has 1 rings (SSSR count). The second-order valence-electron chi connectivity index (χ2n) is 3.22. The Kier molecular flexibility index (Phi) is 3.14. The number of phenolic OH excluding ortho intramolecular Hbond substituents is 2. The van der Waals surface area contributed by atoms with Crippen LogP contribution in [0.4, 0.5) is 0 Å². The standard InChI is InChI=1S/C10H15NO2/c1-7(11-2)5-8-3-4-9(12)10(13)6-8/h3-4,6-7,11-13H,5H2,1-2H3/t7-/m0/s1. The molecule has 3 N–H and O–H groups in total. The molecular formula is C10H15NO2. The zero-order valence-electron chi connectivity index (χ0n) is 7.91. The molecule has 1 aromatic carbocycles. The summed E-state index contributed by atoms with van der Waals surface area (Å²) in [5, 5.41) is 21.4. The van der Waals surface area contributed by atoms with Gasteiger partial charge in [-0.15, -0.1) is 0 Å². The fraction of sp³-hybridized carbons (Fsp3) is 0.400. The van der Waals surface area contributed by atoms with E-state index in [1.54, 1.807) is 6.07 Å². The molecule has 13 heavy (non-hydrogen) atoms. The molecule has 0 fully saturated rings. The molecular weight excluding hydrogens is 166 g/mol. The number of hydrogen-bond acceptors (Lipinski definition) is 3. The van der Waals surface area contributed by atoms with Crippen molar-refractivity contribution < 1.29 is 10.2 Å². The van der Waals surface area contributed by atoms with Crippen molar-refractivity contribution in [2.45, 2.75) is 19.4 Å². The van der Waals surface area contributed by atoms with Crippen LogP contribution in [-0.4, -0.2) is 23.3 Å². The minimum Gasteiger partial charge on any atom is -0.504 e. The van der Waals surface area contributed by atoms with Crippen LogP contribution in [0.15, 0.2) is 18.2 Å². The number of likely N-dealkylation sites (N-methyl/N-ethyl adjacent to an activating group) is 1. The summed E-state index contributed by atoms with van der Waals surface area (Å²) in [5.74, 6) is -0.123. The van der Waals surface area contributed by atoms with Crippen molar-refractivity contribution in [1.82, 2.24) is 5.32 Å². The molecule has 72 valence electrons. The fourth-order valence-corrected chi connectivity index (χ4v) is 1.15. The van der Waals surface area contributed by atoms with Crippen LogP contribution in [0.3, 0.4) is 0 Å². The van der Waals surface area contributed by atoms with Crippen molar-refractivity contribution in [2.75, 3.05) is 7.05 Å². The maximum atomic E-state index is 9.22. The first-order chi connectivity index (χ1) is 6.13. The van der Waals surface area contributed by atoms with E-state index < -0.39 is 0 Å². The first-order valence-corrected chi connectivity index (χ1v) is 4.31. The summed E-state index contributed by atoms with van der Waals surface area (Å²) in [6.07, 6.45) is 0.838. The lowest BCUT2D eigenvalue weighted by molar-refractivity contribution is 0.403. The highest BCUT2D eigenvalue weighted by Crippen LogP contribution is 2.25. The third kappa shape index (κ3) is 2.63. The molecule has 0 aliphatic carbocycles. The Morgan fingerprint density at radius 1 is 1.31 bits per heavy atom. The Bertz CT molecular complexity index is 286. The zero-order chi connectivity index (χ0) is 9.84. The molecule has 0 aliphatic heterocycles. The molecule has 0 unspecified atom stereocenters. The van der Waals surface area contributed by atoms with Crippen LogP contribution < -0.4 is 5.32 Å². The minimum absolute atomic E-state index is 0.0548. The van der Waals surface area contributed by atoms with E-state index in [0.717, 1.165) is 12.0 Å². The average molecular weight is 181 g/mol. The Hall–Kier alpha value is -1.22. The van der Waals surface area contributed by atoms with E-state index in [1.165, 1.54) is 6.07 Å². The van der Waals surface area contributed by atoms with Crippen LogP contribution >= 0.6 is 0 Å². The van der Waals surface area contributed by atoms with Crippen molar-refractivity contribution >= 4 is 0 Å². The Morgan fingerprint density at radius 2 is 2.00 bits per heavy atom. The van der Waals surface area contributed by atoms with E-state index in [-0.39, 0.29) is 11.5 Å². The van der Waals surface area contributed by atoms with Gasteiger partial charge in [0.25, 0.3) is 0 Å². The molecule has 0 amide bonds. The van der Waals surface area contributed by atoms with Gasteiger partial charge >= 0.3 is 0 Å². The lowest BCUT2D eigenvalue weighted by Gasteiger charge is -2.10. The van der Waals surface area contributed by atoms with Gasteiger partial charge in [-0.25, -0.2) is 0 Å². The smallest absolute Gasteiger partial charge is 0.157 e. The van der Waals surface area contributed by atoms with Crippen molar-refractivity contribution in [2.24, 2.45) is 0 Å². The highest BCUT2D eigenvalue weighted by atomic mass is 16.3. The van der Waals surface area contributed by atoms with Gasteiger partial charge in [0.1, 0.15) is 0 Å². The van der Waals surface area contributed by atoms with E-state index in [4.69, 9.17) is 5.11 Å². The number of hydrogen-bond donors (Lipinski definition) is 3. The number of rotatable bonds is 3. The van der Waals surface area contributed by atoms with Gasteiger partial charge in [0, 0.05) is 6.04 Å². The first-order valence-electron chi connectivity index (χ1n) is 4.31. The number of phenols is 2. The van der Waals surface area contributed by atoms with Crippen molar-refractivity contribution in [3.05, 3.63) is 23.8 Å². The SMILES string of the molecule is CN[C@@H](C)Cc1ccc(O)c(O)c1. The van der Waals surface area contributed by atoms with Crippen molar-refractivity contribution in [3.63, 3.8) is 0 Å². The van der Waals surface area contributed by atoms with E-state index in [9.17, 15) is 5.11 Å². The molecule has 0 saturated carbocycles. The van der Waals surface area contributed by atoms with Crippen LogP contribution in [0.1, 0.15) is 12.5 Å². The summed E-state index contributed by atoms with van der Waals surface area (Å²) < 4.78 is 0. The first kappa shape index (κ1) is 9.86. The third-order valence-corrected chi connectivity index (χ3v) is 2.07. The molecule has 0 heterocycles. The number of benzene rings is 1. The summed E-state index contributed by atoms with van der Waals surface area (Å²) in [6, 6.07) is 5.27. The Morgan fingerprint density at radius 3 is 2.54 bits per heavy atom. The summed E-state index contributed by atoms with van der Waals surface area (Å²) in [5.41, 5.74) is 1.01. The molecule has 0 spiro atoms. The predicted molar refractivity (Wildman–Crippen MR) is 52.0 cm³/mol. The molecule has 0 bridgehead atoms. The summed E-state index contributed by atoms with van der Waals surface area (Å²) in [7, 11) is 1.89. The maximum Gasteiger partial charge on any atom is 0.157 e. The highest BCUT2D eigenvalue weighted by Gasteiger charge is 2.03. The predicted octanol–water partition coefficient (Wildman–Crippen LogP) is 1.25. The average Bonchev–Trinajstić information content (AvgIpc) is 2.11. The maximum absolute atomic E-state index is 9.22. The van der Waals surface area contributed by atoms with E-state index in [1.807, 2.05) is 13.1 Å². The van der Waals surface area contributed by atoms with Gasteiger partial charge in [-0.1, -0.05) is 6.07 Å². The lowest BCUT2D eigenvalue weighted by atomic mass is 10.1. The van der Waals surface area contributed by atoms with Gasteiger partial charge in [0.2, 0.25) is 0 Å². The quantitative estimate of drug-likeness (QED) is 0.615. The zero-order valence-corrected chi connectivity index (χ0v) is 7.91. The van der Waals surface area contributed by atoms with Crippen molar-refractivity contribution in [1.29, 1.82) is 0 Å². The molecule has 0 aromatic heterocycles. The van der Waals surface area contributed by atoms with Crippen LogP contribution in [0.25, 0.3) is 0 Å². The second kappa shape index (κ2) is 4.14. The monoisotopic (exact) mass is 181 g/mol. The van der Waals surface area contributed by atoms with Gasteiger partial charge < -0.3 is 15.5 Å². The summed E-state index contributed by atoms with van der Waals surface area (Å²) in [4.78, 5) is 0. The van der Waals surface area contributed by atoms with Crippen LogP contribution in [0.5, 0.6) is 11.5 Å². The summed E-state index contributed by atoms with van der Waals surface area (Å²) in [6.45, 7) is 2.06. The third-order valence-electron chi connectivity index (χ3n) is 2.07. The molecule has 0 aliphatic rings. The minimum atomic E-state index is -0.0686. The topological polar surface area (TPSA) is 52.5 Å². The van der Waals surface area contributed by atoms with Crippen LogP contribution in [0.2, 0.25) is 0 Å². The number of nitrogens with one attached hydrogen (secondary N) is 1. The Balaban J connectivity index is 2.73. The van der Waals surface area contributed by atoms with Gasteiger partial charge in [-0.05, 0) is 38.1 Å².